The highest BCUT2D eigenvalue weighted by Crippen LogP contribution is 2.38. The summed E-state index contributed by atoms with van der Waals surface area (Å²) >= 11 is 0. The lowest BCUT2D eigenvalue weighted by molar-refractivity contribution is 0.319. The van der Waals surface area contributed by atoms with E-state index in [1.165, 1.54) is 48.1 Å². The fraction of sp³-hybridized carbons (Fsp3) is 0.625. The number of aliphatic imine (C=N–C) groups is 1. The summed E-state index contributed by atoms with van der Waals surface area (Å²) < 4.78 is 0. The summed E-state index contributed by atoms with van der Waals surface area (Å²) in [6.45, 7) is 13.7. The zero-order chi connectivity index (χ0) is 18.4. The van der Waals surface area contributed by atoms with Crippen LogP contribution in [0.2, 0.25) is 0 Å². The van der Waals surface area contributed by atoms with Crippen LogP contribution in [0, 0.1) is 17.3 Å². The zero-order valence-electron chi connectivity index (χ0n) is 17.1. The zero-order valence-corrected chi connectivity index (χ0v) is 17.1. The van der Waals surface area contributed by atoms with Crippen LogP contribution >= 0.6 is 0 Å². The second kappa shape index (κ2) is 8.83. The number of hydrogen-bond acceptors (Lipinski definition) is 1. The summed E-state index contributed by atoms with van der Waals surface area (Å²) in [6.07, 6.45) is 17.8. The largest absolute Gasteiger partial charge is 0.293 e. The minimum absolute atomic E-state index is 0.257. The van der Waals surface area contributed by atoms with Crippen LogP contribution in [0.15, 0.2) is 52.6 Å². The van der Waals surface area contributed by atoms with E-state index in [0.29, 0.717) is 5.92 Å². The van der Waals surface area contributed by atoms with Gasteiger partial charge in [0.05, 0.1) is 0 Å². The first-order chi connectivity index (χ1) is 11.8. The van der Waals surface area contributed by atoms with Crippen molar-refractivity contribution in [3.05, 3.63) is 47.6 Å². The van der Waals surface area contributed by atoms with Crippen LogP contribution in [0.4, 0.5) is 0 Å². The smallest absolute Gasteiger partial charge is 0.0350 e. The first-order valence-corrected chi connectivity index (χ1v) is 10.1. The average molecular weight is 340 g/mol. The van der Waals surface area contributed by atoms with Crippen molar-refractivity contribution in [2.75, 3.05) is 7.05 Å². The second-order valence-corrected chi connectivity index (χ2v) is 8.71. The quantitative estimate of drug-likeness (QED) is 0.521. The van der Waals surface area contributed by atoms with Gasteiger partial charge in [0, 0.05) is 12.8 Å². The van der Waals surface area contributed by atoms with Crippen molar-refractivity contribution < 1.29 is 0 Å². The average Bonchev–Trinajstić information content (AvgIpc) is 2.64. The molecule has 1 fully saturated rings. The molecule has 0 bridgehead atoms. The van der Waals surface area contributed by atoms with E-state index in [2.05, 4.69) is 63.6 Å². The van der Waals surface area contributed by atoms with Gasteiger partial charge in [0.1, 0.15) is 0 Å². The maximum absolute atomic E-state index is 4.50. The molecule has 0 aromatic carbocycles. The van der Waals surface area contributed by atoms with Gasteiger partial charge in [0.15, 0.2) is 0 Å². The molecule has 1 unspecified atom stereocenters. The maximum Gasteiger partial charge on any atom is 0.0350 e. The topological polar surface area (TPSA) is 12.4 Å². The fourth-order valence-corrected chi connectivity index (χ4v) is 4.15. The van der Waals surface area contributed by atoms with Gasteiger partial charge >= 0.3 is 0 Å². The Balaban J connectivity index is 2.25. The third-order valence-corrected chi connectivity index (χ3v) is 6.24. The molecule has 0 amide bonds. The molecule has 0 radical (unpaired) electrons. The molecule has 0 aromatic rings. The molecular formula is C24H37N. The van der Waals surface area contributed by atoms with E-state index in [1.807, 2.05) is 7.05 Å². The number of nitrogens with zero attached hydrogens (tertiary/aromatic N) is 1. The van der Waals surface area contributed by atoms with Gasteiger partial charge in [-0.25, -0.2) is 0 Å². The van der Waals surface area contributed by atoms with Gasteiger partial charge in [0.25, 0.3) is 0 Å². The van der Waals surface area contributed by atoms with E-state index in [9.17, 15) is 0 Å². The molecule has 0 aliphatic heterocycles. The van der Waals surface area contributed by atoms with Gasteiger partial charge in [0.2, 0.25) is 0 Å². The van der Waals surface area contributed by atoms with Crippen molar-refractivity contribution in [3.8, 4) is 0 Å². The predicted molar refractivity (Wildman–Crippen MR) is 112 cm³/mol. The fourth-order valence-electron chi connectivity index (χ4n) is 4.15. The van der Waals surface area contributed by atoms with Gasteiger partial charge < -0.3 is 0 Å². The Bertz CT molecular complexity index is 594. The molecule has 0 heterocycles. The van der Waals surface area contributed by atoms with E-state index in [1.54, 1.807) is 0 Å². The van der Waals surface area contributed by atoms with Crippen LogP contribution in [-0.4, -0.2) is 12.8 Å². The van der Waals surface area contributed by atoms with Gasteiger partial charge in [-0.2, -0.15) is 0 Å². The Hall–Kier alpha value is -1.37. The maximum atomic E-state index is 4.50. The Kier molecular flexibility index (Phi) is 7.04. The molecule has 138 valence electrons. The monoisotopic (exact) mass is 339 g/mol. The van der Waals surface area contributed by atoms with Crippen LogP contribution < -0.4 is 0 Å². The van der Waals surface area contributed by atoms with Crippen LogP contribution in [-0.2, 0) is 0 Å². The summed E-state index contributed by atoms with van der Waals surface area (Å²) in [4.78, 5) is 4.50. The lowest BCUT2D eigenvalue weighted by atomic mass is 9.75. The first-order valence-electron chi connectivity index (χ1n) is 10.1. The van der Waals surface area contributed by atoms with E-state index < -0.39 is 0 Å². The Morgan fingerprint density at radius 1 is 1.24 bits per heavy atom. The summed E-state index contributed by atoms with van der Waals surface area (Å²) in [5.41, 5.74) is 5.55. The summed E-state index contributed by atoms with van der Waals surface area (Å²) in [5, 5.41) is 0. The Morgan fingerprint density at radius 2 is 1.92 bits per heavy atom. The molecule has 1 nitrogen and oxygen atoms in total. The van der Waals surface area contributed by atoms with E-state index >= 15 is 0 Å². The van der Waals surface area contributed by atoms with Crippen LogP contribution in [0.1, 0.15) is 72.6 Å². The SMILES string of the molecule is C=C(C=C1/C=C(C)\C=C/C(=NC)CC(C)(CC)C1)C1CCC(C)CC1. The third-order valence-electron chi connectivity index (χ3n) is 6.24. The van der Waals surface area contributed by atoms with Crippen molar-refractivity contribution in [2.45, 2.75) is 72.6 Å². The standard InChI is InChI=1S/C24H37N/c1-7-24(5)16-21(14-19(3)10-13-23(17-24)25-6)15-20(4)22-11-8-18(2)9-12-22/h10,13-15,18,22H,4,7-9,11-12,16-17H2,1-3,5-6H3/b13-10-,19-14-,21-15?,25-23?. The predicted octanol–water partition coefficient (Wildman–Crippen LogP) is 7.08. The molecule has 25 heavy (non-hydrogen) atoms. The van der Waals surface area contributed by atoms with Crippen molar-refractivity contribution in [2.24, 2.45) is 22.2 Å². The van der Waals surface area contributed by atoms with Crippen molar-refractivity contribution >= 4 is 5.71 Å². The van der Waals surface area contributed by atoms with E-state index in [4.69, 9.17) is 0 Å². The van der Waals surface area contributed by atoms with Gasteiger partial charge in [-0.15, -0.1) is 0 Å². The molecule has 0 spiro atoms. The Labute approximate surface area is 155 Å². The molecule has 1 atom stereocenters. The van der Waals surface area contributed by atoms with E-state index in [0.717, 1.165) is 25.2 Å². The first kappa shape index (κ1) is 19.9. The van der Waals surface area contributed by atoms with Crippen LogP contribution in [0.3, 0.4) is 0 Å². The molecular weight excluding hydrogens is 302 g/mol. The highest BCUT2D eigenvalue weighted by atomic mass is 14.7. The van der Waals surface area contributed by atoms with Gasteiger partial charge in [-0.3, -0.25) is 4.99 Å². The minimum Gasteiger partial charge on any atom is -0.293 e. The van der Waals surface area contributed by atoms with Gasteiger partial charge in [-0.05, 0) is 61.5 Å². The normalized spacial score (nSPS) is 37.7. The molecule has 0 N–H and O–H groups in total. The third kappa shape index (κ3) is 5.83. The highest BCUT2D eigenvalue weighted by Gasteiger charge is 2.26. The lowest BCUT2D eigenvalue weighted by Crippen LogP contribution is -2.20. The second-order valence-electron chi connectivity index (χ2n) is 8.71. The summed E-state index contributed by atoms with van der Waals surface area (Å²) in [7, 11) is 1.91. The molecule has 2 rings (SSSR count). The molecule has 2 aliphatic rings. The van der Waals surface area contributed by atoms with Crippen LogP contribution in [0.25, 0.3) is 0 Å². The highest BCUT2D eigenvalue weighted by molar-refractivity contribution is 5.95. The molecule has 1 saturated carbocycles. The summed E-state index contributed by atoms with van der Waals surface area (Å²) in [5.74, 6) is 1.57. The van der Waals surface area contributed by atoms with Crippen molar-refractivity contribution in [3.63, 3.8) is 0 Å². The molecule has 0 aromatic heterocycles. The lowest BCUT2D eigenvalue weighted by Gasteiger charge is -2.30. The van der Waals surface area contributed by atoms with Crippen molar-refractivity contribution in [1.82, 2.24) is 0 Å². The number of allylic oxidation sites excluding steroid dienone is 7. The van der Waals surface area contributed by atoms with Gasteiger partial charge in [-0.1, -0.05) is 76.0 Å². The van der Waals surface area contributed by atoms with E-state index in [-0.39, 0.29) is 5.41 Å². The minimum atomic E-state index is 0.257. The molecule has 0 saturated heterocycles. The Morgan fingerprint density at radius 3 is 2.52 bits per heavy atom. The van der Waals surface area contributed by atoms with Crippen molar-refractivity contribution in [1.29, 1.82) is 0 Å². The number of hydrogen-bond donors (Lipinski definition) is 0. The number of rotatable bonds is 3. The molecule has 2 aliphatic carbocycles. The van der Waals surface area contributed by atoms with Crippen LogP contribution in [0.5, 0.6) is 0 Å². The summed E-state index contributed by atoms with van der Waals surface area (Å²) in [6, 6.07) is 0. The molecule has 1 heteroatoms.